The van der Waals surface area contributed by atoms with Crippen LogP contribution >= 0.6 is 0 Å². The molecule has 1 aromatic carbocycles. The highest BCUT2D eigenvalue weighted by molar-refractivity contribution is 5.82. The molecule has 0 atom stereocenters. The topological polar surface area (TPSA) is 77.2 Å². The Bertz CT molecular complexity index is 519. The van der Waals surface area contributed by atoms with Gasteiger partial charge in [-0.05, 0) is 23.8 Å². The van der Waals surface area contributed by atoms with Gasteiger partial charge in [0.2, 0.25) is 0 Å². The van der Waals surface area contributed by atoms with Crippen LogP contribution in [0, 0.1) is 0 Å². The van der Waals surface area contributed by atoms with Gasteiger partial charge in [-0.2, -0.15) is 5.10 Å². The van der Waals surface area contributed by atoms with Crippen LogP contribution in [0.4, 0.5) is 13.6 Å². The minimum absolute atomic E-state index is 0.0552. The lowest BCUT2D eigenvalue weighted by Crippen LogP contribution is -2.27. The van der Waals surface area contributed by atoms with Gasteiger partial charge in [-0.25, -0.2) is 9.80 Å². The van der Waals surface area contributed by atoms with Crippen molar-refractivity contribution in [2.24, 2.45) is 10.8 Å². The highest BCUT2D eigenvalue weighted by Crippen LogP contribution is 2.40. The first-order valence-corrected chi connectivity index (χ1v) is 4.84. The Morgan fingerprint density at radius 3 is 2.78 bits per heavy atom. The Morgan fingerprint density at radius 2 is 2.11 bits per heavy atom. The number of fused-ring (bicyclic) bond motifs is 1. The number of amides is 2. The number of carbonyl (C=O) groups is 1. The van der Waals surface area contributed by atoms with E-state index in [1.165, 1.54) is 31.5 Å². The van der Waals surface area contributed by atoms with Gasteiger partial charge in [0.15, 0.2) is 11.5 Å². The van der Waals surface area contributed by atoms with Crippen LogP contribution in [0.5, 0.6) is 11.5 Å². The second-order valence-corrected chi connectivity index (χ2v) is 3.48. The Morgan fingerprint density at radius 1 is 1.44 bits per heavy atom. The van der Waals surface area contributed by atoms with Gasteiger partial charge in [-0.15, -0.1) is 8.78 Å². The maximum Gasteiger partial charge on any atom is 0.586 e. The van der Waals surface area contributed by atoms with Gasteiger partial charge in [0.1, 0.15) is 0 Å². The lowest BCUT2D eigenvalue weighted by Gasteiger charge is -2.05. The van der Waals surface area contributed by atoms with Crippen LogP contribution in [0.2, 0.25) is 0 Å². The van der Waals surface area contributed by atoms with E-state index in [-0.39, 0.29) is 11.5 Å². The average molecular weight is 257 g/mol. The van der Waals surface area contributed by atoms with Gasteiger partial charge in [-0.1, -0.05) is 0 Å². The normalized spacial score (nSPS) is 15.9. The third kappa shape index (κ3) is 2.47. The van der Waals surface area contributed by atoms with E-state index in [1.807, 2.05) is 0 Å². The van der Waals surface area contributed by atoms with Crippen molar-refractivity contribution in [1.82, 2.24) is 5.01 Å². The van der Waals surface area contributed by atoms with E-state index in [0.717, 1.165) is 5.01 Å². The third-order valence-corrected chi connectivity index (χ3v) is 2.12. The van der Waals surface area contributed by atoms with E-state index >= 15 is 0 Å². The minimum atomic E-state index is -3.65. The lowest BCUT2D eigenvalue weighted by molar-refractivity contribution is -0.286. The summed E-state index contributed by atoms with van der Waals surface area (Å²) in [6.07, 6.45) is -2.37. The number of benzene rings is 1. The molecule has 18 heavy (non-hydrogen) atoms. The van der Waals surface area contributed by atoms with Crippen LogP contribution in [0.25, 0.3) is 0 Å². The molecule has 2 amide bonds. The summed E-state index contributed by atoms with van der Waals surface area (Å²) < 4.78 is 34.0. The van der Waals surface area contributed by atoms with Gasteiger partial charge in [0, 0.05) is 7.05 Å². The SMILES string of the molecule is CN(N=Cc1ccc2c(c1)OC(F)(F)O2)C(N)=O. The molecule has 1 heterocycles. The number of hydrogen-bond donors (Lipinski definition) is 1. The number of nitrogens with zero attached hydrogens (tertiary/aromatic N) is 2. The van der Waals surface area contributed by atoms with E-state index in [9.17, 15) is 13.6 Å². The summed E-state index contributed by atoms with van der Waals surface area (Å²) in [5.74, 6) is -0.147. The number of primary amides is 1. The van der Waals surface area contributed by atoms with Crippen molar-refractivity contribution < 1.29 is 23.0 Å². The molecule has 2 rings (SSSR count). The van der Waals surface area contributed by atoms with E-state index < -0.39 is 12.3 Å². The maximum absolute atomic E-state index is 12.7. The first-order chi connectivity index (χ1) is 8.37. The van der Waals surface area contributed by atoms with E-state index in [1.54, 1.807) is 0 Å². The quantitative estimate of drug-likeness (QED) is 0.641. The Labute approximate surface area is 101 Å². The number of hydrogen-bond acceptors (Lipinski definition) is 4. The summed E-state index contributed by atoms with van der Waals surface area (Å²) in [7, 11) is 1.36. The van der Waals surface area contributed by atoms with Crippen LogP contribution in [0.3, 0.4) is 0 Å². The largest absolute Gasteiger partial charge is 0.586 e. The van der Waals surface area contributed by atoms with Gasteiger partial charge < -0.3 is 15.2 Å². The second-order valence-electron chi connectivity index (χ2n) is 3.48. The van der Waals surface area contributed by atoms with Crippen LogP contribution in [-0.2, 0) is 0 Å². The zero-order valence-electron chi connectivity index (χ0n) is 9.26. The Kier molecular flexibility index (Phi) is 2.77. The zero-order valence-corrected chi connectivity index (χ0v) is 9.26. The molecule has 0 spiro atoms. The summed E-state index contributed by atoms with van der Waals surface area (Å²) in [5.41, 5.74) is 5.42. The molecule has 0 radical (unpaired) electrons. The third-order valence-electron chi connectivity index (χ3n) is 2.12. The predicted octanol–water partition coefficient (Wildman–Crippen LogP) is 1.35. The number of halogens is 2. The Hall–Kier alpha value is -2.38. The monoisotopic (exact) mass is 257 g/mol. The number of nitrogens with two attached hydrogens (primary N) is 1. The highest BCUT2D eigenvalue weighted by atomic mass is 19.3. The number of hydrazone groups is 1. The number of alkyl halides is 2. The molecule has 0 aliphatic carbocycles. The molecule has 0 saturated heterocycles. The molecule has 1 aromatic rings. The van der Waals surface area contributed by atoms with Crippen molar-refractivity contribution >= 4 is 12.2 Å². The summed E-state index contributed by atoms with van der Waals surface area (Å²) in [6.45, 7) is 0. The maximum atomic E-state index is 12.7. The van der Waals surface area contributed by atoms with Gasteiger partial charge >= 0.3 is 12.3 Å². The number of urea groups is 1. The van der Waals surface area contributed by atoms with Crippen molar-refractivity contribution in [2.75, 3.05) is 7.05 Å². The van der Waals surface area contributed by atoms with Crippen molar-refractivity contribution in [3.8, 4) is 11.5 Å². The van der Waals surface area contributed by atoms with Crippen molar-refractivity contribution in [2.45, 2.75) is 6.29 Å². The van der Waals surface area contributed by atoms with Crippen molar-refractivity contribution in [3.05, 3.63) is 23.8 Å². The van der Waals surface area contributed by atoms with Gasteiger partial charge in [0.05, 0.1) is 6.21 Å². The zero-order chi connectivity index (χ0) is 13.3. The van der Waals surface area contributed by atoms with Crippen LogP contribution < -0.4 is 15.2 Å². The second kappa shape index (κ2) is 4.13. The molecule has 2 N–H and O–H groups in total. The molecule has 0 aromatic heterocycles. The standard InChI is InChI=1S/C10H9F2N3O3/c1-15(9(13)16)14-5-6-2-3-7-8(4-6)18-10(11,12)17-7/h2-5H,1H3,(H2,13,16). The molecule has 6 nitrogen and oxygen atoms in total. The van der Waals surface area contributed by atoms with Crippen LogP contribution in [-0.4, -0.2) is 30.6 Å². The van der Waals surface area contributed by atoms with Gasteiger partial charge in [-0.3, -0.25) is 0 Å². The van der Waals surface area contributed by atoms with Crippen molar-refractivity contribution in [1.29, 1.82) is 0 Å². The van der Waals surface area contributed by atoms with E-state index in [2.05, 4.69) is 14.6 Å². The summed E-state index contributed by atoms with van der Waals surface area (Å²) in [4.78, 5) is 10.7. The smallest absolute Gasteiger partial charge is 0.395 e. The molecule has 0 bridgehead atoms. The summed E-state index contributed by atoms with van der Waals surface area (Å²) in [5, 5.41) is 4.61. The van der Waals surface area contributed by atoms with E-state index in [0.29, 0.717) is 5.56 Å². The average Bonchev–Trinajstić information content (AvgIpc) is 2.58. The van der Waals surface area contributed by atoms with Crippen LogP contribution in [0.15, 0.2) is 23.3 Å². The predicted molar refractivity (Wildman–Crippen MR) is 57.6 cm³/mol. The Balaban J connectivity index is 2.17. The minimum Gasteiger partial charge on any atom is -0.395 e. The first-order valence-electron chi connectivity index (χ1n) is 4.84. The summed E-state index contributed by atoms with van der Waals surface area (Å²) >= 11 is 0. The molecule has 8 heteroatoms. The van der Waals surface area contributed by atoms with Crippen molar-refractivity contribution in [3.63, 3.8) is 0 Å². The first kappa shape index (κ1) is 12.1. The molecule has 96 valence electrons. The van der Waals surface area contributed by atoms with Crippen LogP contribution in [0.1, 0.15) is 5.56 Å². The molecular formula is C10H9F2N3O3. The fourth-order valence-electron chi connectivity index (χ4n) is 1.26. The van der Waals surface area contributed by atoms with E-state index in [4.69, 9.17) is 5.73 Å². The number of rotatable bonds is 2. The molecule has 1 aliphatic heterocycles. The molecule has 1 aliphatic rings. The number of carbonyl (C=O) groups excluding carboxylic acids is 1. The molecule has 0 fully saturated rings. The molecule has 0 unspecified atom stereocenters. The van der Waals surface area contributed by atoms with Gasteiger partial charge in [0.25, 0.3) is 0 Å². The lowest BCUT2D eigenvalue weighted by atomic mass is 10.2. The number of ether oxygens (including phenoxy) is 2. The summed E-state index contributed by atoms with van der Waals surface area (Å²) in [6, 6.07) is 3.39. The molecule has 0 saturated carbocycles. The fraction of sp³-hybridized carbons (Fsp3) is 0.200. The molecular weight excluding hydrogens is 248 g/mol. The highest BCUT2D eigenvalue weighted by Gasteiger charge is 2.43. The fourth-order valence-corrected chi connectivity index (χ4v) is 1.26.